The van der Waals surface area contributed by atoms with Crippen LogP contribution in [0.2, 0.25) is 0 Å². The summed E-state index contributed by atoms with van der Waals surface area (Å²) in [6.45, 7) is -0.919. The molecular weight excluding hydrogens is 364 g/mol. The van der Waals surface area contributed by atoms with Crippen molar-refractivity contribution in [2.45, 2.75) is 24.4 Å². The van der Waals surface area contributed by atoms with Crippen molar-refractivity contribution in [2.24, 2.45) is 0 Å². The van der Waals surface area contributed by atoms with Gasteiger partial charge in [0.25, 0.3) is 0 Å². The number of aromatic hydroxyl groups is 1. The minimum Gasteiger partial charge on any atom is -0.502 e. The number of hydrogen-bond donors (Lipinski definition) is 6. The maximum atomic E-state index is 11.9. The Balaban J connectivity index is 2.93. The molecule has 0 heterocycles. The number of aliphatic hydroxyl groups is 5. The molecule has 150 valence electrons. The lowest BCUT2D eigenvalue weighted by atomic mass is 9.98. The Morgan fingerprint density at radius 2 is 1.56 bits per heavy atom. The van der Waals surface area contributed by atoms with E-state index >= 15 is 0 Å². The first-order valence-electron chi connectivity index (χ1n) is 7.72. The number of ether oxygens (including phenoxy) is 2. The van der Waals surface area contributed by atoms with Crippen LogP contribution in [0, 0.1) is 0 Å². The van der Waals surface area contributed by atoms with Gasteiger partial charge in [-0.3, -0.25) is 9.59 Å². The van der Waals surface area contributed by atoms with E-state index in [1.807, 2.05) is 0 Å². The van der Waals surface area contributed by atoms with Gasteiger partial charge in [0.1, 0.15) is 24.4 Å². The molecule has 0 aromatic heterocycles. The molecule has 0 saturated carbocycles. The molecule has 0 saturated heterocycles. The lowest BCUT2D eigenvalue weighted by Gasteiger charge is -2.24. The van der Waals surface area contributed by atoms with Gasteiger partial charge in [-0.05, 0) is 23.8 Å². The van der Waals surface area contributed by atoms with Gasteiger partial charge in [0, 0.05) is 0 Å². The van der Waals surface area contributed by atoms with E-state index in [0.717, 1.165) is 6.08 Å². The van der Waals surface area contributed by atoms with Crippen LogP contribution in [0.4, 0.5) is 0 Å². The van der Waals surface area contributed by atoms with Gasteiger partial charge >= 0.3 is 0 Å². The Labute approximate surface area is 154 Å². The lowest BCUT2D eigenvalue weighted by molar-refractivity contribution is -0.152. The molecule has 10 nitrogen and oxygen atoms in total. The highest BCUT2D eigenvalue weighted by Crippen LogP contribution is 2.37. The number of methoxy groups -OCH3 is 2. The first-order valence-corrected chi connectivity index (χ1v) is 7.72. The van der Waals surface area contributed by atoms with Crippen molar-refractivity contribution >= 4 is 17.6 Å². The standard InChI is InChI=1S/C17H22O10/c1-26-11-5-8(6-12(27-2)15(11)23)3-4-9(19)13(21)16(24)17(25)14(22)10(20)7-18/h3-6,10,14,16-18,20,22-25H,7H2,1-2H3/b4-3-/t10-,14-,16+,17+/m1/s1. The van der Waals surface area contributed by atoms with Gasteiger partial charge in [-0.15, -0.1) is 0 Å². The maximum Gasteiger partial charge on any atom is 0.233 e. The molecule has 6 N–H and O–H groups in total. The van der Waals surface area contributed by atoms with Gasteiger partial charge in [-0.2, -0.15) is 0 Å². The molecule has 0 amide bonds. The summed E-state index contributed by atoms with van der Waals surface area (Å²) in [5.74, 6) is -2.76. The van der Waals surface area contributed by atoms with Crippen molar-refractivity contribution < 1.29 is 49.7 Å². The van der Waals surface area contributed by atoms with Crippen LogP contribution in [0.3, 0.4) is 0 Å². The third-order valence-corrected chi connectivity index (χ3v) is 3.70. The van der Waals surface area contributed by atoms with Gasteiger partial charge in [0.05, 0.1) is 20.8 Å². The smallest absolute Gasteiger partial charge is 0.233 e. The van der Waals surface area contributed by atoms with E-state index < -0.39 is 42.6 Å². The Kier molecular flexibility index (Phi) is 8.34. The molecule has 0 aliphatic carbocycles. The predicted octanol–water partition coefficient (Wildman–Crippen LogP) is -2.00. The molecule has 10 heteroatoms. The topological polar surface area (TPSA) is 174 Å². The molecule has 0 aliphatic heterocycles. The van der Waals surface area contributed by atoms with Crippen molar-refractivity contribution in [1.82, 2.24) is 0 Å². The molecule has 0 radical (unpaired) electrons. The van der Waals surface area contributed by atoms with Crippen molar-refractivity contribution in [3.8, 4) is 17.2 Å². The van der Waals surface area contributed by atoms with E-state index in [0.29, 0.717) is 5.56 Å². The number of phenolic OH excluding ortho intramolecular Hbond substituents is 1. The number of carbonyl (C=O) groups excluding carboxylic acids is 2. The molecule has 0 spiro atoms. The van der Waals surface area contributed by atoms with E-state index in [1.165, 1.54) is 32.4 Å². The number of ketones is 2. The van der Waals surface area contributed by atoms with E-state index in [2.05, 4.69) is 0 Å². The number of benzene rings is 1. The van der Waals surface area contributed by atoms with Gasteiger partial charge in [-0.1, -0.05) is 6.08 Å². The van der Waals surface area contributed by atoms with Crippen LogP contribution in [0.5, 0.6) is 17.2 Å². The van der Waals surface area contributed by atoms with E-state index in [4.69, 9.17) is 14.6 Å². The average Bonchev–Trinajstić information content (AvgIpc) is 2.69. The highest BCUT2D eigenvalue weighted by Gasteiger charge is 2.36. The first kappa shape index (κ1) is 22.5. The fraction of sp³-hybridized carbons (Fsp3) is 0.412. The largest absolute Gasteiger partial charge is 0.502 e. The number of hydrogen-bond acceptors (Lipinski definition) is 10. The Morgan fingerprint density at radius 1 is 1.04 bits per heavy atom. The second kappa shape index (κ2) is 10.00. The summed E-state index contributed by atoms with van der Waals surface area (Å²) in [6, 6.07) is 2.72. The van der Waals surface area contributed by atoms with E-state index in [-0.39, 0.29) is 17.2 Å². The minimum absolute atomic E-state index is 0.0596. The predicted molar refractivity (Wildman–Crippen MR) is 91.4 cm³/mol. The molecule has 0 aliphatic rings. The molecule has 1 aromatic rings. The highest BCUT2D eigenvalue weighted by molar-refractivity contribution is 6.43. The summed E-state index contributed by atoms with van der Waals surface area (Å²) < 4.78 is 9.90. The average molecular weight is 386 g/mol. The van der Waals surface area contributed by atoms with Crippen LogP contribution in [-0.4, -0.2) is 87.4 Å². The lowest BCUT2D eigenvalue weighted by Crippen LogP contribution is -2.49. The number of allylic oxidation sites excluding steroid dienone is 1. The van der Waals surface area contributed by atoms with Gasteiger partial charge in [-0.25, -0.2) is 0 Å². The van der Waals surface area contributed by atoms with Gasteiger partial charge in [0.15, 0.2) is 11.5 Å². The molecule has 4 atom stereocenters. The second-order valence-corrected chi connectivity index (χ2v) is 5.51. The van der Waals surface area contributed by atoms with Crippen molar-refractivity contribution in [3.05, 3.63) is 23.8 Å². The van der Waals surface area contributed by atoms with E-state index in [9.17, 15) is 35.1 Å². The summed E-state index contributed by atoms with van der Waals surface area (Å²) in [5, 5.41) is 56.5. The number of Topliss-reactive ketones (excluding diaryl/α,β-unsaturated/α-hetero) is 1. The van der Waals surface area contributed by atoms with Crippen molar-refractivity contribution in [1.29, 1.82) is 0 Å². The van der Waals surface area contributed by atoms with Crippen molar-refractivity contribution in [2.75, 3.05) is 20.8 Å². The van der Waals surface area contributed by atoms with Crippen LogP contribution in [0.1, 0.15) is 5.56 Å². The zero-order chi connectivity index (χ0) is 20.7. The molecule has 1 rings (SSSR count). The summed E-state index contributed by atoms with van der Waals surface area (Å²) in [6.07, 6.45) is -6.32. The van der Waals surface area contributed by atoms with Crippen LogP contribution >= 0.6 is 0 Å². The van der Waals surface area contributed by atoms with Crippen LogP contribution in [0.25, 0.3) is 6.08 Å². The summed E-state index contributed by atoms with van der Waals surface area (Å²) in [7, 11) is 2.61. The summed E-state index contributed by atoms with van der Waals surface area (Å²) in [4.78, 5) is 23.8. The Bertz CT molecular complexity index is 674. The Morgan fingerprint density at radius 3 is 2.00 bits per heavy atom. The van der Waals surface area contributed by atoms with Crippen LogP contribution in [0.15, 0.2) is 18.2 Å². The number of rotatable bonds is 10. The summed E-state index contributed by atoms with van der Waals surface area (Å²) in [5.41, 5.74) is 0.327. The summed E-state index contributed by atoms with van der Waals surface area (Å²) >= 11 is 0. The quantitative estimate of drug-likeness (QED) is 0.195. The normalized spacial score (nSPS) is 15.8. The SMILES string of the molecule is COc1cc(/C=C\C(=O)C(=O)[C@H](O)[C@@H](O)[C@H](O)[C@H](O)CO)cc(OC)c1O. The molecule has 0 unspecified atom stereocenters. The first-order chi connectivity index (χ1) is 12.7. The number of carbonyl (C=O) groups is 2. The fourth-order valence-corrected chi connectivity index (χ4v) is 2.09. The highest BCUT2D eigenvalue weighted by atomic mass is 16.5. The third kappa shape index (κ3) is 5.49. The Hall–Kier alpha value is -2.50. The molecule has 1 aromatic carbocycles. The number of aliphatic hydroxyl groups excluding tert-OH is 5. The second-order valence-electron chi connectivity index (χ2n) is 5.51. The number of phenols is 1. The molecular formula is C17H22O10. The van der Waals surface area contributed by atoms with Crippen LogP contribution < -0.4 is 9.47 Å². The van der Waals surface area contributed by atoms with Gasteiger partial charge < -0.3 is 40.1 Å². The van der Waals surface area contributed by atoms with Gasteiger partial charge in [0.2, 0.25) is 17.3 Å². The molecule has 0 bridgehead atoms. The molecule has 27 heavy (non-hydrogen) atoms. The monoisotopic (exact) mass is 386 g/mol. The van der Waals surface area contributed by atoms with E-state index in [1.54, 1.807) is 0 Å². The molecule has 0 fully saturated rings. The van der Waals surface area contributed by atoms with Crippen molar-refractivity contribution in [3.63, 3.8) is 0 Å². The zero-order valence-electron chi connectivity index (χ0n) is 14.6. The third-order valence-electron chi connectivity index (χ3n) is 3.70. The maximum absolute atomic E-state index is 11.9. The van der Waals surface area contributed by atoms with Crippen LogP contribution in [-0.2, 0) is 9.59 Å². The zero-order valence-corrected chi connectivity index (χ0v) is 14.6. The fourth-order valence-electron chi connectivity index (χ4n) is 2.09. The minimum atomic E-state index is -2.30.